The number of carbonyl (C=O) groups excluding carboxylic acids is 1. The fourth-order valence-electron chi connectivity index (χ4n) is 1.46. The summed E-state index contributed by atoms with van der Waals surface area (Å²) in [5.41, 5.74) is 0.934. The lowest BCUT2D eigenvalue weighted by atomic mass is 10.1. The second-order valence-electron chi connectivity index (χ2n) is 3.93. The topological polar surface area (TPSA) is 40.5 Å². The van der Waals surface area contributed by atoms with E-state index in [2.05, 4.69) is 11.8 Å². The van der Waals surface area contributed by atoms with Crippen molar-refractivity contribution in [3.05, 3.63) is 35.4 Å². The van der Waals surface area contributed by atoms with Crippen LogP contribution in [-0.4, -0.2) is 42.5 Å². The molecule has 0 heterocycles. The van der Waals surface area contributed by atoms with Gasteiger partial charge in [0.15, 0.2) is 0 Å². The predicted molar refractivity (Wildman–Crippen MR) is 68.0 cm³/mol. The van der Waals surface area contributed by atoms with E-state index in [0.717, 1.165) is 4.90 Å². The van der Waals surface area contributed by atoms with E-state index in [1.807, 2.05) is 0 Å². The molecule has 0 bridgehead atoms. The molecule has 1 amide bonds. The van der Waals surface area contributed by atoms with Gasteiger partial charge in [-0.3, -0.25) is 4.79 Å². The lowest BCUT2D eigenvalue weighted by Gasteiger charge is -2.16. The summed E-state index contributed by atoms with van der Waals surface area (Å²) in [4.78, 5) is 12.8. The van der Waals surface area contributed by atoms with E-state index in [0.29, 0.717) is 17.5 Å². The lowest BCUT2D eigenvalue weighted by molar-refractivity contribution is 0.0620. The highest BCUT2D eigenvalue weighted by atomic mass is 19.3. The van der Waals surface area contributed by atoms with Gasteiger partial charge in [-0.25, -0.2) is 8.78 Å². The Hall–Kier alpha value is -1.93. The van der Waals surface area contributed by atoms with Crippen molar-refractivity contribution >= 4 is 5.91 Å². The number of amides is 1. The van der Waals surface area contributed by atoms with E-state index in [-0.39, 0.29) is 6.61 Å². The first kappa shape index (κ1) is 15.1. The van der Waals surface area contributed by atoms with Crippen LogP contribution in [0.4, 0.5) is 8.78 Å². The van der Waals surface area contributed by atoms with E-state index in [1.165, 1.54) is 7.05 Å². The number of alkyl halides is 2. The zero-order chi connectivity index (χ0) is 14.3. The molecule has 0 fully saturated rings. The molecule has 102 valence electrons. The molecule has 0 unspecified atom stereocenters. The average molecular weight is 267 g/mol. The Morgan fingerprint density at radius 1 is 1.47 bits per heavy atom. The smallest absolute Gasteiger partial charge is 0.255 e. The van der Waals surface area contributed by atoms with Gasteiger partial charge in [0.2, 0.25) is 0 Å². The van der Waals surface area contributed by atoms with Crippen molar-refractivity contribution in [2.75, 3.05) is 20.2 Å². The van der Waals surface area contributed by atoms with E-state index in [9.17, 15) is 13.6 Å². The van der Waals surface area contributed by atoms with Gasteiger partial charge in [-0.2, -0.15) is 0 Å². The van der Waals surface area contributed by atoms with Gasteiger partial charge in [0, 0.05) is 24.6 Å². The Balaban J connectivity index is 2.82. The van der Waals surface area contributed by atoms with E-state index >= 15 is 0 Å². The summed E-state index contributed by atoms with van der Waals surface area (Å²) in [6.07, 6.45) is -2.20. The van der Waals surface area contributed by atoms with E-state index < -0.39 is 18.9 Å². The fraction of sp³-hybridized carbons (Fsp3) is 0.357. The number of hydrogen-bond donors (Lipinski definition) is 1. The van der Waals surface area contributed by atoms with Gasteiger partial charge >= 0.3 is 0 Å². The Morgan fingerprint density at radius 3 is 2.84 bits per heavy atom. The molecule has 1 rings (SSSR count). The summed E-state index contributed by atoms with van der Waals surface area (Å²) >= 11 is 0. The summed E-state index contributed by atoms with van der Waals surface area (Å²) < 4.78 is 24.4. The first-order valence-electron chi connectivity index (χ1n) is 5.78. The highest BCUT2D eigenvalue weighted by molar-refractivity contribution is 5.94. The van der Waals surface area contributed by atoms with Gasteiger partial charge in [0.1, 0.15) is 0 Å². The maximum atomic E-state index is 12.2. The minimum Gasteiger partial charge on any atom is -0.395 e. The molecular weight excluding hydrogens is 252 g/mol. The number of rotatable bonds is 4. The second kappa shape index (κ2) is 7.49. The molecular formula is C14H15F2NO2. The number of aliphatic hydroxyl groups excluding tert-OH is 1. The molecule has 0 saturated carbocycles. The minimum absolute atomic E-state index is 0.0251. The van der Waals surface area contributed by atoms with Crippen molar-refractivity contribution in [1.29, 1.82) is 0 Å². The van der Waals surface area contributed by atoms with E-state index in [1.54, 1.807) is 24.3 Å². The average Bonchev–Trinajstić information content (AvgIpc) is 2.38. The summed E-state index contributed by atoms with van der Waals surface area (Å²) in [7, 11) is 1.33. The molecule has 0 radical (unpaired) electrons. The van der Waals surface area contributed by atoms with Crippen molar-refractivity contribution < 1.29 is 18.7 Å². The van der Waals surface area contributed by atoms with Crippen molar-refractivity contribution in [2.24, 2.45) is 0 Å². The molecule has 0 aromatic heterocycles. The largest absolute Gasteiger partial charge is 0.395 e. The molecule has 1 aromatic rings. The van der Waals surface area contributed by atoms with Crippen molar-refractivity contribution in [2.45, 2.75) is 12.8 Å². The Kier molecular flexibility index (Phi) is 5.97. The first-order valence-corrected chi connectivity index (χ1v) is 5.78. The zero-order valence-electron chi connectivity index (χ0n) is 10.6. The Morgan fingerprint density at radius 2 is 2.21 bits per heavy atom. The minimum atomic E-state index is -2.55. The molecule has 0 saturated heterocycles. The summed E-state index contributed by atoms with van der Waals surface area (Å²) in [5, 5.41) is 8.61. The fourth-order valence-corrected chi connectivity index (χ4v) is 1.46. The SMILES string of the molecule is CN(CC(F)F)C(=O)c1cccc(C#CCCO)c1. The van der Waals surface area contributed by atoms with Gasteiger partial charge in [-0.15, -0.1) is 0 Å². The van der Waals surface area contributed by atoms with Gasteiger partial charge in [-0.05, 0) is 18.2 Å². The van der Waals surface area contributed by atoms with Crippen LogP contribution in [0.15, 0.2) is 24.3 Å². The van der Waals surface area contributed by atoms with Crippen molar-refractivity contribution in [1.82, 2.24) is 4.90 Å². The van der Waals surface area contributed by atoms with Gasteiger partial charge in [0.05, 0.1) is 13.2 Å². The van der Waals surface area contributed by atoms with Gasteiger partial charge < -0.3 is 10.0 Å². The molecule has 0 aliphatic rings. The van der Waals surface area contributed by atoms with Crippen LogP contribution < -0.4 is 0 Å². The molecule has 0 aliphatic heterocycles. The summed E-state index contributed by atoms with van der Waals surface area (Å²) in [6, 6.07) is 6.47. The molecule has 0 aliphatic carbocycles. The third-order valence-electron chi connectivity index (χ3n) is 2.34. The van der Waals surface area contributed by atoms with Crippen LogP contribution in [0.25, 0.3) is 0 Å². The Bertz CT molecular complexity index is 492. The molecule has 1 N–H and O–H groups in total. The molecule has 5 heteroatoms. The first-order chi connectivity index (χ1) is 9.04. The van der Waals surface area contributed by atoms with Crippen LogP contribution in [0.1, 0.15) is 22.3 Å². The maximum absolute atomic E-state index is 12.2. The number of hydrogen-bond acceptors (Lipinski definition) is 2. The van der Waals surface area contributed by atoms with Gasteiger partial charge in [0.25, 0.3) is 12.3 Å². The van der Waals surface area contributed by atoms with E-state index in [4.69, 9.17) is 5.11 Å². The Labute approximate surface area is 110 Å². The quantitative estimate of drug-likeness (QED) is 0.844. The normalized spacial score (nSPS) is 9.95. The number of carbonyl (C=O) groups is 1. The van der Waals surface area contributed by atoms with Crippen LogP contribution in [0.3, 0.4) is 0 Å². The van der Waals surface area contributed by atoms with Crippen LogP contribution in [0.5, 0.6) is 0 Å². The highest BCUT2D eigenvalue weighted by Gasteiger charge is 2.15. The molecule has 0 atom stereocenters. The van der Waals surface area contributed by atoms with Crippen molar-refractivity contribution in [3.8, 4) is 11.8 Å². The third kappa shape index (κ3) is 5.06. The van der Waals surface area contributed by atoms with Crippen LogP contribution in [0, 0.1) is 11.8 Å². The van der Waals surface area contributed by atoms with Crippen LogP contribution >= 0.6 is 0 Å². The van der Waals surface area contributed by atoms with Crippen LogP contribution in [-0.2, 0) is 0 Å². The lowest BCUT2D eigenvalue weighted by Crippen LogP contribution is -2.31. The predicted octanol–water partition coefficient (Wildman–Crippen LogP) is 1.76. The highest BCUT2D eigenvalue weighted by Crippen LogP contribution is 2.08. The third-order valence-corrected chi connectivity index (χ3v) is 2.34. The number of nitrogens with zero attached hydrogens (tertiary/aromatic N) is 1. The molecule has 1 aromatic carbocycles. The summed E-state index contributed by atoms with van der Waals surface area (Å²) in [5.74, 6) is 5.06. The number of aliphatic hydroxyl groups is 1. The summed E-state index contributed by atoms with van der Waals surface area (Å²) in [6.45, 7) is -0.623. The second-order valence-corrected chi connectivity index (χ2v) is 3.93. The zero-order valence-corrected chi connectivity index (χ0v) is 10.6. The number of benzene rings is 1. The molecule has 0 spiro atoms. The van der Waals surface area contributed by atoms with Crippen molar-refractivity contribution in [3.63, 3.8) is 0 Å². The maximum Gasteiger partial charge on any atom is 0.255 e. The monoisotopic (exact) mass is 267 g/mol. The van der Waals surface area contributed by atoms with Crippen LogP contribution in [0.2, 0.25) is 0 Å². The molecule has 19 heavy (non-hydrogen) atoms. The van der Waals surface area contributed by atoms with Gasteiger partial charge in [-0.1, -0.05) is 17.9 Å². The standard InChI is InChI=1S/C14H15F2NO2/c1-17(10-13(15)16)14(19)12-7-4-6-11(9-12)5-2-3-8-18/h4,6-7,9,13,18H,3,8,10H2,1H3. The molecule has 3 nitrogen and oxygen atoms in total. The number of halogens is 2.